The molecule has 1 aliphatic carbocycles. The van der Waals surface area contributed by atoms with Crippen molar-refractivity contribution >= 4 is 11.6 Å². The van der Waals surface area contributed by atoms with Crippen molar-refractivity contribution in [3.8, 4) is 5.88 Å². The van der Waals surface area contributed by atoms with Crippen molar-refractivity contribution in [3.63, 3.8) is 0 Å². The number of hydrogen-bond acceptors (Lipinski definition) is 3. The molecule has 0 atom stereocenters. The van der Waals surface area contributed by atoms with Gasteiger partial charge in [-0.25, -0.2) is 4.98 Å². The quantitative estimate of drug-likeness (QED) is 0.826. The molecule has 1 aromatic rings. The van der Waals surface area contributed by atoms with E-state index in [4.69, 9.17) is 22.1 Å². The Balaban J connectivity index is 2.47. The van der Waals surface area contributed by atoms with Crippen molar-refractivity contribution in [3.05, 3.63) is 22.8 Å². The number of hydrogen-bond donors (Lipinski definition) is 1. The molecule has 1 saturated carbocycles. The summed E-state index contributed by atoms with van der Waals surface area (Å²) in [7, 11) is 1.61. The number of methoxy groups -OCH3 is 1. The lowest BCUT2D eigenvalue weighted by atomic mass is 9.76. The zero-order valence-electron chi connectivity index (χ0n) is 9.88. The average molecular weight is 241 g/mol. The molecular weight excluding hydrogens is 224 g/mol. The Kier molecular flexibility index (Phi) is 2.63. The molecule has 0 saturated heterocycles. The molecular formula is C12H17ClN2O. The first-order valence-corrected chi connectivity index (χ1v) is 5.78. The van der Waals surface area contributed by atoms with Crippen molar-refractivity contribution in [1.82, 2.24) is 4.98 Å². The van der Waals surface area contributed by atoms with E-state index in [1.807, 2.05) is 6.07 Å². The highest BCUT2D eigenvalue weighted by molar-refractivity contribution is 6.29. The fraction of sp³-hybridized carbons (Fsp3) is 0.583. The number of nitrogens with zero attached hydrogens (tertiary/aromatic N) is 1. The van der Waals surface area contributed by atoms with Gasteiger partial charge in [-0.3, -0.25) is 0 Å². The molecule has 16 heavy (non-hydrogen) atoms. The molecule has 88 valence electrons. The molecule has 1 aromatic heterocycles. The van der Waals surface area contributed by atoms with Gasteiger partial charge < -0.3 is 10.5 Å². The van der Waals surface area contributed by atoms with Gasteiger partial charge in [0, 0.05) is 16.5 Å². The second-order valence-corrected chi connectivity index (χ2v) is 5.36. The maximum atomic E-state index is 6.30. The highest BCUT2D eigenvalue weighted by Crippen LogP contribution is 2.50. The summed E-state index contributed by atoms with van der Waals surface area (Å²) in [6.45, 7) is 4.26. The van der Waals surface area contributed by atoms with Crippen molar-refractivity contribution in [2.24, 2.45) is 5.73 Å². The smallest absolute Gasteiger partial charge is 0.218 e. The lowest BCUT2D eigenvalue weighted by Gasteiger charge is -2.33. The van der Waals surface area contributed by atoms with E-state index >= 15 is 0 Å². The maximum absolute atomic E-state index is 6.30. The third-order valence-corrected chi connectivity index (χ3v) is 3.94. The first-order valence-electron chi connectivity index (χ1n) is 5.41. The summed E-state index contributed by atoms with van der Waals surface area (Å²) >= 11 is 5.85. The zero-order valence-corrected chi connectivity index (χ0v) is 10.6. The summed E-state index contributed by atoms with van der Waals surface area (Å²) in [6.07, 6.45) is 2.09. The van der Waals surface area contributed by atoms with E-state index in [9.17, 15) is 0 Å². The Morgan fingerprint density at radius 1 is 1.44 bits per heavy atom. The van der Waals surface area contributed by atoms with Crippen molar-refractivity contribution in [1.29, 1.82) is 0 Å². The van der Waals surface area contributed by atoms with Crippen LogP contribution in [0.15, 0.2) is 12.1 Å². The number of nitrogens with two attached hydrogens (primary N) is 1. The van der Waals surface area contributed by atoms with Gasteiger partial charge >= 0.3 is 0 Å². The Hall–Kier alpha value is -0.800. The fourth-order valence-electron chi connectivity index (χ4n) is 2.08. The van der Waals surface area contributed by atoms with Gasteiger partial charge in [-0.2, -0.15) is 0 Å². The minimum absolute atomic E-state index is 0.129. The van der Waals surface area contributed by atoms with E-state index in [-0.39, 0.29) is 11.0 Å². The molecule has 0 spiro atoms. The number of rotatable bonds is 3. The summed E-state index contributed by atoms with van der Waals surface area (Å²) in [5, 5.41) is 0.443. The van der Waals surface area contributed by atoms with Crippen LogP contribution in [0.1, 0.15) is 32.3 Å². The summed E-state index contributed by atoms with van der Waals surface area (Å²) in [5.74, 6) is 0.578. The van der Waals surface area contributed by atoms with E-state index in [0.717, 1.165) is 18.4 Å². The van der Waals surface area contributed by atoms with Crippen LogP contribution in [0.5, 0.6) is 5.88 Å². The highest BCUT2D eigenvalue weighted by atomic mass is 35.5. The van der Waals surface area contributed by atoms with Crippen LogP contribution >= 0.6 is 11.6 Å². The third kappa shape index (κ3) is 1.68. The molecule has 1 heterocycles. The van der Waals surface area contributed by atoms with Crippen molar-refractivity contribution < 1.29 is 4.74 Å². The first-order chi connectivity index (χ1) is 7.40. The van der Waals surface area contributed by atoms with Crippen molar-refractivity contribution in [2.75, 3.05) is 7.11 Å². The molecule has 0 amide bonds. The summed E-state index contributed by atoms with van der Waals surface area (Å²) < 4.78 is 5.28. The van der Waals surface area contributed by atoms with Gasteiger partial charge in [0.2, 0.25) is 5.88 Å². The van der Waals surface area contributed by atoms with Crippen LogP contribution in [0.2, 0.25) is 5.15 Å². The van der Waals surface area contributed by atoms with Crippen LogP contribution in [0, 0.1) is 0 Å². The average Bonchev–Trinajstić information content (AvgIpc) is 2.97. The third-order valence-electron chi connectivity index (χ3n) is 3.73. The molecule has 0 bridgehead atoms. The maximum Gasteiger partial charge on any atom is 0.218 e. The van der Waals surface area contributed by atoms with E-state index in [1.54, 1.807) is 13.2 Å². The van der Waals surface area contributed by atoms with Crippen LogP contribution in [0.3, 0.4) is 0 Å². The summed E-state index contributed by atoms with van der Waals surface area (Å²) in [4.78, 5) is 4.19. The van der Waals surface area contributed by atoms with Gasteiger partial charge in [-0.05, 0) is 25.0 Å². The predicted octanol–water partition coefficient (Wildman–Crippen LogP) is 2.51. The lowest BCUT2D eigenvalue weighted by molar-refractivity contribution is 0.344. The highest BCUT2D eigenvalue weighted by Gasteiger charge is 2.53. The van der Waals surface area contributed by atoms with E-state index < -0.39 is 0 Å². The second-order valence-electron chi connectivity index (χ2n) is 4.97. The minimum Gasteiger partial charge on any atom is -0.481 e. The second kappa shape index (κ2) is 3.60. The molecule has 2 N–H and O–H groups in total. The molecule has 0 aliphatic heterocycles. The minimum atomic E-state index is -0.143. The van der Waals surface area contributed by atoms with Gasteiger partial charge in [0.25, 0.3) is 0 Å². The lowest BCUT2D eigenvalue weighted by Crippen LogP contribution is -2.43. The van der Waals surface area contributed by atoms with Gasteiger partial charge in [0.1, 0.15) is 5.15 Å². The standard InChI is InChI=1S/C12H17ClN2O/c1-11(2,12(14)6-7-12)8-4-5-9(13)15-10(8)16-3/h4-5H,6-7,14H2,1-3H3. The van der Waals surface area contributed by atoms with Gasteiger partial charge in [0.15, 0.2) is 0 Å². The van der Waals surface area contributed by atoms with Crippen LogP contribution in [-0.4, -0.2) is 17.6 Å². The number of aromatic nitrogens is 1. The fourth-order valence-corrected chi connectivity index (χ4v) is 2.22. The van der Waals surface area contributed by atoms with E-state index in [2.05, 4.69) is 18.8 Å². The molecule has 1 fully saturated rings. The number of pyridine rings is 1. The predicted molar refractivity (Wildman–Crippen MR) is 65.0 cm³/mol. The largest absolute Gasteiger partial charge is 0.481 e. The summed E-state index contributed by atoms with van der Waals surface area (Å²) in [6, 6.07) is 3.74. The Labute approximate surface area is 101 Å². The normalized spacial score (nSPS) is 18.3. The molecule has 0 unspecified atom stereocenters. The number of ether oxygens (including phenoxy) is 1. The molecule has 3 nitrogen and oxygen atoms in total. The van der Waals surface area contributed by atoms with Crippen LogP contribution < -0.4 is 10.5 Å². The Bertz CT molecular complexity index is 413. The van der Waals surface area contributed by atoms with Crippen LogP contribution in [-0.2, 0) is 5.41 Å². The molecule has 4 heteroatoms. The summed E-state index contributed by atoms with van der Waals surface area (Å²) in [5.41, 5.74) is 7.06. The Morgan fingerprint density at radius 3 is 2.56 bits per heavy atom. The Morgan fingerprint density at radius 2 is 2.06 bits per heavy atom. The zero-order chi connectivity index (χ0) is 12.0. The molecule has 2 rings (SSSR count). The number of halogens is 1. The molecule has 0 aromatic carbocycles. The van der Waals surface area contributed by atoms with Crippen molar-refractivity contribution in [2.45, 2.75) is 37.6 Å². The van der Waals surface area contributed by atoms with E-state index in [1.165, 1.54) is 0 Å². The van der Waals surface area contributed by atoms with Gasteiger partial charge in [0.05, 0.1) is 7.11 Å². The van der Waals surface area contributed by atoms with E-state index in [0.29, 0.717) is 11.0 Å². The molecule has 1 aliphatic rings. The van der Waals surface area contributed by atoms with Gasteiger partial charge in [-0.15, -0.1) is 0 Å². The van der Waals surface area contributed by atoms with Crippen LogP contribution in [0.4, 0.5) is 0 Å². The van der Waals surface area contributed by atoms with Crippen LogP contribution in [0.25, 0.3) is 0 Å². The van der Waals surface area contributed by atoms with Gasteiger partial charge in [-0.1, -0.05) is 25.4 Å². The molecule has 0 radical (unpaired) electrons. The SMILES string of the molecule is COc1nc(Cl)ccc1C(C)(C)C1(N)CC1. The first kappa shape index (κ1) is 11.7. The monoisotopic (exact) mass is 240 g/mol. The topological polar surface area (TPSA) is 48.1 Å².